The summed E-state index contributed by atoms with van der Waals surface area (Å²) < 4.78 is 6.03. The summed E-state index contributed by atoms with van der Waals surface area (Å²) in [6, 6.07) is 18.3. The van der Waals surface area contributed by atoms with E-state index in [2.05, 4.69) is 42.2 Å². The molecule has 2 aromatic rings. The molecule has 0 N–H and O–H groups in total. The van der Waals surface area contributed by atoms with E-state index in [0.717, 1.165) is 38.2 Å². The lowest BCUT2D eigenvalue weighted by Gasteiger charge is -2.32. The summed E-state index contributed by atoms with van der Waals surface area (Å²) in [5, 5.41) is 8.82. The van der Waals surface area contributed by atoms with Crippen LogP contribution >= 0.6 is 0 Å². The van der Waals surface area contributed by atoms with Crippen LogP contribution < -0.4 is 4.74 Å². The number of benzene rings is 2. The molecule has 0 saturated carbocycles. The highest BCUT2D eigenvalue weighted by Gasteiger charge is 2.20. The van der Waals surface area contributed by atoms with E-state index in [1.54, 1.807) is 0 Å². The SMILES string of the molecule is Cc1ccc(CN2CCC(Oc3ccc(C#N)cc3)CC2)cc1. The van der Waals surface area contributed by atoms with Crippen molar-refractivity contribution in [1.29, 1.82) is 5.26 Å². The molecule has 1 aliphatic rings. The fourth-order valence-electron chi connectivity index (χ4n) is 2.94. The number of nitrogens with zero attached hydrogens (tertiary/aromatic N) is 2. The lowest BCUT2D eigenvalue weighted by Crippen LogP contribution is -2.37. The molecule has 1 heterocycles. The molecule has 2 aromatic carbocycles. The van der Waals surface area contributed by atoms with Gasteiger partial charge in [0.1, 0.15) is 11.9 Å². The van der Waals surface area contributed by atoms with Gasteiger partial charge < -0.3 is 4.74 Å². The molecular formula is C20H22N2O. The monoisotopic (exact) mass is 306 g/mol. The highest BCUT2D eigenvalue weighted by atomic mass is 16.5. The molecule has 1 fully saturated rings. The Morgan fingerprint density at radius 3 is 2.30 bits per heavy atom. The molecule has 3 rings (SSSR count). The van der Waals surface area contributed by atoms with E-state index < -0.39 is 0 Å². The van der Waals surface area contributed by atoms with Crippen molar-refractivity contribution in [2.75, 3.05) is 13.1 Å². The van der Waals surface area contributed by atoms with E-state index in [-0.39, 0.29) is 6.10 Å². The van der Waals surface area contributed by atoms with Gasteiger partial charge in [-0.05, 0) is 49.6 Å². The van der Waals surface area contributed by atoms with Crippen LogP contribution in [0.2, 0.25) is 0 Å². The van der Waals surface area contributed by atoms with Crippen molar-refractivity contribution in [1.82, 2.24) is 4.90 Å². The first kappa shape index (κ1) is 15.6. The summed E-state index contributed by atoms with van der Waals surface area (Å²) in [5.74, 6) is 0.862. The van der Waals surface area contributed by atoms with Gasteiger partial charge in [0, 0.05) is 19.6 Å². The van der Waals surface area contributed by atoms with Crippen molar-refractivity contribution in [3.63, 3.8) is 0 Å². The summed E-state index contributed by atoms with van der Waals surface area (Å²) in [5.41, 5.74) is 3.36. The number of ether oxygens (including phenoxy) is 1. The van der Waals surface area contributed by atoms with E-state index in [9.17, 15) is 0 Å². The Balaban J connectivity index is 1.48. The van der Waals surface area contributed by atoms with Crippen LogP contribution in [0, 0.1) is 18.3 Å². The molecule has 3 nitrogen and oxygen atoms in total. The molecule has 3 heteroatoms. The molecule has 1 saturated heterocycles. The minimum Gasteiger partial charge on any atom is -0.490 e. The van der Waals surface area contributed by atoms with Crippen LogP contribution in [0.1, 0.15) is 29.5 Å². The molecule has 0 radical (unpaired) electrons. The summed E-state index contributed by atoms with van der Waals surface area (Å²) in [7, 11) is 0. The normalized spacial score (nSPS) is 16.0. The number of hydrogen-bond donors (Lipinski definition) is 0. The number of piperidine rings is 1. The summed E-state index contributed by atoms with van der Waals surface area (Å²) in [4.78, 5) is 2.49. The largest absolute Gasteiger partial charge is 0.490 e. The van der Waals surface area contributed by atoms with Crippen molar-refractivity contribution >= 4 is 0 Å². The van der Waals surface area contributed by atoms with Gasteiger partial charge in [0.15, 0.2) is 0 Å². The average molecular weight is 306 g/mol. The lowest BCUT2D eigenvalue weighted by molar-refractivity contribution is 0.0968. The van der Waals surface area contributed by atoms with Crippen LogP contribution in [0.3, 0.4) is 0 Å². The third-order valence-electron chi connectivity index (χ3n) is 4.35. The Morgan fingerprint density at radius 1 is 1.04 bits per heavy atom. The van der Waals surface area contributed by atoms with E-state index in [4.69, 9.17) is 10.00 Å². The summed E-state index contributed by atoms with van der Waals surface area (Å²) >= 11 is 0. The van der Waals surface area contributed by atoms with Crippen LogP contribution in [-0.4, -0.2) is 24.1 Å². The molecule has 0 unspecified atom stereocenters. The number of rotatable bonds is 4. The number of hydrogen-bond acceptors (Lipinski definition) is 3. The Morgan fingerprint density at radius 2 is 1.70 bits per heavy atom. The smallest absolute Gasteiger partial charge is 0.119 e. The number of likely N-dealkylation sites (tertiary alicyclic amines) is 1. The highest BCUT2D eigenvalue weighted by Crippen LogP contribution is 2.20. The Kier molecular flexibility index (Phi) is 4.95. The minimum absolute atomic E-state index is 0.275. The Hall–Kier alpha value is -2.31. The predicted molar refractivity (Wildman–Crippen MR) is 91.3 cm³/mol. The zero-order valence-corrected chi connectivity index (χ0v) is 13.5. The second-order valence-corrected chi connectivity index (χ2v) is 6.22. The topological polar surface area (TPSA) is 36.3 Å². The van der Waals surface area contributed by atoms with Gasteiger partial charge in [-0.3, -0.25) is 4.90 Å². The molecule has 23 heavy (non-hydrogen) atoms. The average Bonchev–Trinajstić information content (AvgIpc) is 2.59. The first-order valence-corrected chi connectivity index (χ1v) is 8.17. The summed E-state index contributed by atoms with van der Waals surface area (Å²) in [6.45, 7) is 5.27. The maximum absolute atomic E-state index is 8.82. The molecule has 0 aliphatic carbocycles. The maximum atomic E-state index is 8.82. The van der Waals surface area contributed by atoms with Crippen molar-refractivity contribution in [3.8, 4) is 11.8 Å². The Bertz CT molecular complexity index is 662. The van der Waals surface area contributed by atoms with Gasteiger partial charge in [-0.25, -0.2) is 0 Å². The third kappa shape index (κ3) is 4.34. The van der Waals surface area contributed by atoms with Crippen molar-refractivity contribution in [2.24, 2.45) is 0 Å². The van der Waals surface area contributed by atoms with Gasteiger partial charge in [-0.2, -0.15) is 5.26 Å². The van der Waals surface area contributed by atoms with Gasteiger partial charge in [-0.1, -0.05) is 29.8 Å². The fraction of sp³-hybridized carbons (Fsp3) is 0.350. The first-order valence-electron chi connectivity index (χ1n) is 8.17. The molecule has 118 valence electrons. The lowest BCUT2D eigenvalue weighted by atomic mass is 10.1. The van der Waals surface area contributed by atoms with Crippen LogP contribution in [0.4, 0.5) is 0 Å². The second-order valence-electron chi connectivity index (χ2n) is 6.22. The minimum atomic E-state index is 0.275. The zero-order chi connectivity index (χ0) is 16.1. The molecule has 0 bridgehead atoms. The molecule has 1 aliphatic heterocycles. The molecule has 0 amide bonds. The number of aryl methyl sites for hydroxylation is 1. The standard InChI is InChI=1S/C20H22N2O/c1-16-2-4-18(5-3-16)15-22-12-10-20(11-13-22)23-19-8-6-17(14-21)7-9-19/h2-9,20H,10-13,15H2,1H3. The van der Waals surface area contributed by atoms with Gasteiger partial charge in [-0.15, -0.1) is 0 Å². The molecular weight excluding hydrogens is 284 g/mol. The molecule has 0 atom stereocenters. The molecule has 0 aromatic heterocycles. The van der Waals surface area contributed by atoms with Gasteiger partial charge >= 0.3 is 0 Å². The van der Waals surface area contributed by atoms with E-state index in [1.165, 1.54) is 11.1 Å². The van der Waals surface area contributed by atoms with Crippen LogP contribution in [-0.2, 0) is 6.54 Å². The fourth-order valence-corrected chi connectivity index (χ4v) is 2.94. The van der Waals surface area contributed by atoms with Crippen molar-refractivity contribution in [3.05, 3.63) is 65.2 Å². The third-order valence-corrected chi connectivity index (χ3v) is 4.35. The summed E-state index contributed by atoms with van der Waals surface area (Å²) in [6.07, 6.45) is 2.37. The highest BCUT2D eigenvalue weighted by molar-refractivity contribution is 5.34. The second kappa shape index (κ2) is 7.30. The quantitative estimate of drug-likeness (QED) is 0.859. The van der Waals surface area contributed by atoms with Crippen molar-refractivity contribution in [2.45, 2.75) is 32.4 Å². The van der Waals surface area contributed by atoms with Gasteiger partial charge in [0.05, 0.1) is 11.6 Å². The van der Waals surface area contributed by atoms with Gasteiger partial charge in [0.2, 0.25) is 0 Å². The van der Waals surface area contributed by atoms with Crippen molar-refractivity contribution < 1.29 is 4.74 Å². The zero-order valence-electron chi connectivity index (χ0n) is 13.5. The number of nitriles is 1. The first-order chi connectivity index (χ1) is 11.2. The van der Waals surface area contributed by atoms with E-state index >= 15 is 0 Å². The maximum Gasteiger partial charge on any atom is 0.119 e. The van der Waals surface area contributed by atoms with E-state index in [1.807, 2.05) is 24.3 Å². The van der Waals surface area contributed by atoms with Crippen LogP contribution in [0.5, 0.6) is 5.75 Å². The van der Waals surface area contributed by atoms with Gasteiger partial charge in [0.25, 0.3) is 0 Å². The molecule has 0 spiro atoms. The Labute approximate surface area is 138 Å². The van der Waals surface area contributed by atoms with Crippen LogP contribution in [0.15, 0.2) is 48.5 Å². The van der Waals surface area contributed by atoms with E-state index in [0.29, 0.717) is 5.56 Å². The predicted octanol–water partition coefficient (Wildman–Crippen LogP) is 3.91. The van der Waals surface area contributed by atoms with Crippen LogP contribution in [0.25, 0.3) is 0 Å².